The van der Waals surface area contributed by atoms with E-state index in [4.69, 9.17) is 4.74 Å². The lowest BCUT2D eigenvalue weighted by Crippen LogP contribution is -2.30. The van der Waals surface area contributed by atoms with Crippen molar-refractivity contribution in [3.63, 3.8) is 0 Å². The molecule has 0 aromatic heterocycles. The van der Waals surface area contributed by atoms with Crippen molar-refractivity contribution in [2.75, 3.05) is 13.7 Å². The third kappa shape index (κ3) is 8.24. The number of halogens is 3. The van der Waals surface area contributed by atoms with Gasteiger partial charge in [-0.15, -0.1) is 0 Å². The monoisotopic (exact) mass is 611 g/mol. The number of aryl methyl sites for hydroxylation is 1. The van der Waals surface area contributed by atoms with Crippen LogP contribution in [0.1, 0.15) is 40.3 Å². The van der Waals surface area contributed by atoms with Crippen LogP contribution in [0, 0.1) is 6.92 Å². The van der Waals surface area contributed by atoms with Crippen LogP contribution in [-0.2, 0) is 45.1 Å². The maximum atomic E-state index is 13.7. The minimum atomic E-state index is -4.64. The van der Waals surface area contributed by atoms with Gasteiger partial charge < -0.3 is 9.47 Å². The van der Waals surface area contributed by atoms with E-state index in [1.54, 1.807) is 43.3 Å². The van der Waals surface area contributed by atoms with Gasteiger partial charge in [0.1, 0.15) is 11.5 Å². The zero-order chi connectivity index (χ0) is 31.2. The highest BCUT2D eigenvalue weighted by Gasteiger charge is 2.32. The van der Waals surface area contributed by atoms with E-state index in [9.17, 15) is 26.4 Å². The highest BCUT2D eigenvalue weighted by Crippen LogP contribution is 2.35. The first kappa shape index (κ1) is 31.8. The number of methoxy groups -OCH3 is 1. The summed E-state index contributed by atoms with van der Waals surface area (Å²) in [6, 6.07) is 24.0. The van der Waals surface area contributed by atoms with E-state index < -0.39 is 27.7 Å². The molecule has 4 aromatic carbocycles. The average Bonchev–Trinajstić information content (AvgIpc) is 2.96. The van der Waals surface area contributed by atoms with Gasteiger partial charge in [0.05, 0.1) is 24.0 Å². The lowest BCUT2D eigenvalue weighted by molar-refractivity contribution is -0.140. The Bertz CT molecular complexity index is 1690. The number of nitrogens with zero attached hydrogens (tertiary/aromatic N) is 1. The molecule has 0 amide bonds. The highest BCUT2D eigenvalue weighted by atomic mass is 32.2. The van der Waals surface area contributed by atoms with Gasteiger partial charge >= 0.3 is 12.1 Å². The van der Waals surface area contributed by atoms with E-state index in [0.717, 1.165) is 33.1 Å². The van der Waals surface area contributed by atoms with Crippen LogP contribution in [-0.4, -0.2) is 32.3 Å². The van der Waals surface area contributed by atoms with Crippen LogP contribution in [0.15, 0.2) is 95.9 Å². The second kappa shape index (κ2) is 13.4. The summed E-state index contributed by atoms with van der Waals surface area (Å²) in [4.78, 5) is 11.7. The third-order valence-electron chi connectivity index (χ3n) is 6.84. The summed E-state index contributed by atoms with van der Waals surface area (Å²) in [6.45, 7) is 3.28. The van der Waals surface area contributed by atoms with E-state index in [0.29, 0.717) is 12.0 Å². The maximum absolute atomic E-state index is 13.7. The van der Waals surface area contributed by atoms with Crippen LogP contribution < -0.4 is 4.74 Å². The number of esters is 1. The SMILES string of the molecule is CCN(Cc1cc(C(F)(F)F)ccc1Oc1cccc(CC(=O)OC)c1)S(=O)(=O)c1ccc(Cc2cccc(C)c2)cc1. The van der Waals surface area contributed by atoms with Gasteiger partial charge in [0.25, 0.3) is 0 Å². The standard InChI is InChI=1S/C33H32F3NO5S/c1-4-37(43(39,40)30-14-11-24(12-15-30)18-25-8-5-7-23(2)17-25)22-27-21-28(33(34,35)36)13-16-31(27)42-29-10-6-9-26(19-29)20-32(38)41-3/h5-17,19,21H,4,18,20,22H2,1-3H3. The Hall–Kier alpha value is -4.15. The topological polar surface area (TPSA) is 72.9 Å². The fourth-order valence-corrected chi connectivity index (χ4v) is 6.03. The van der Waals surface area contributed by atoms with E-state index in [-0.39, 0.29) is 41.5 Å². The van der Waals surface area contributed by atoms with Gasteiger partial charge in [0.15, 0.2) is 0 Å². The molecule has 0 saturated heterocycles. The first-order valence-corrected chi connectivity index (χ1v) is 15.0. The number of carbonyl (C=O) groups is 1. The van der Waals surface area contributed by atoms with Gasteiger partial charge in [-0.2, -0.15) is 17.5 Å². The molecule has 4 aromatic rings. The van der Waals surface area contributed by atoms with Crippen molar-refractivity contribution < 1.29 is 35.9 Å². The average molecular weight is 612 g/mol. The molecule has 0 unspecified atom stereocenters. The number of alkyl halides is 3. The molecule has 0 spiro atoms. The van der Waals surface area contributed by atoms with Gasteiger partial charge in [0, 0.05) is 18.7 Å². The Balaban J connectivity index is 1.61. The summed E-state index contributed by atoms with van der Waals surface area (Å²) in [5, 5.41) is 0. The van der Waals surface area contributed by atoms with E-state index in [2.05, 4.69) is 10.8 Å². The summed E-state index contributed by atoms with van der Waals surface area (Å²) in [5.41, 5.74) is 2.84. The molecule has 10 heteroatoms. The van der Waals surface area contributed by atoms with Crippen LogP contribution in [0.4, 0.5) is 13.2 Å². The van der Waals surface area contributed by atoms with Crippen molar-refractivity contribution >= 4 is 16.0 Å². The molecule has 0 atom stereocenters. The van der Waals surface area contributed by atoms with Crippen LogP contribution >= 0.6 is 0 Å². The predicted octanol–water partition coefficient (Wildman–Crippen LogP) is 7.32. The van der Waals surface area contributed by atoms with Crippen molar-refractivity contribution in [1.29, 1.82) is 0 Å². The first-order chi connectivity index (χ1) is 20.4. The summed E-state index contributed by atoms with van der Waals surface area (Å²) in [5.74, 6) is -0.123. The van der Waals surface area contributed by atoms with Crippen molar-refractivity contribution in [3.05, 3.63) is 124 Å². The predicted molar refractivity (Wildman–Crippen MR) is 157 cm³/mol. The first-order valence-electron chi connectivity index (χ1n) is 13.6. The lowest BCUT2D eigenvalue weighted by Gasteiger charge is -2.23. The quantitative estimate of drug-likeness (QED) is 0.166. The van der Waals surface area contributed by atoms with Gasteiger partial charge in [-0.1, -0.05) is 61.0 Å². The Morgan fingerprint density at radius 2 is 1.56 bits per heavy atom. The van der Waals surface area contributed by atoms with Crippen molar-refractivity contribution in [2.24, 2.45) is 0 Å². The zero-order valence-electron chi connectivity index (χ0n) is 24.0. The number of hydrogen-bond donors (Lipinski definition) is 0. The fraction of sp³-hybridized carbons (Fsp3) is 0.242. The van der Waals surface area contributed by atoms with E-state index >= 15 is 0 Å². The lowest BCUT2D eigenvalue weighted by atomic mass is 10.0. The van der Waals surface area contributed by atoms with Crippen LogP contribution in [0.2, 0.25) is 0 Å². The number of benzene rings is 4. The third-order valence-corrected chi connectivity index (χ3v) is 8.78. The van der Waals surface area contributed by atoms with Crippen LogP contribution in [0.25, 0.3) is 0 Å². The fourth-order valence-electron chi connectivity index (χ4n) is 4.61. The molecule has 6 nitrogen and oxygen atoms in total. The van der Waals surface area contributed by atoms with Crippen LogP contribution in [0.3, 0.4) is 0 Å². The minimum Gasteiger partial charge on any atom is -0.469 e. The van der Waals surface area contributed by atoms with E-state index in [1.807, 2.05) is 25.1 Å². The molecule has 0 aliphatic carbocycles. The molecule has 4 rings (SSSR count). The molecule has 0 fully saturated rings. The second-order valence-electron chi connectivity index (χ2n) is 10.1. The number of ether oxygens (including phenoxy) is 2. The molecule has 0 aliphatic rings. The Kier molecular flexibility index (Phi) is 9.93. The van der Waals surface area contributed by atoms with Crippen molar-refractivity contribution in [3.8, 4) is 11.5 Å². The van der Waals surface area contributed by atoms with Gasteiger partial charge in [0.2, 0.25) is 10.0 Å². The summed E-state index contributed by atoms with van der Waals surface area (Å²) in [6.07, 6.45) is -4.03. The zero-order valence-corrected chi connectivity index (χ0v) is 24.8. The highest BCUT2D eigenvalue weighted by molar-refractivity contribution is 7.89. The number of hydrogen-bond acceptors (Lipinski definition) is 5. The van der Waals surface area contributed by atoms with Gasteiger partial charge in [-0.25, -0.2) is 8.42 Å². The maximum Gasteiger partial charge on any atom is 0.416 e. The number of sulfonamides is 1. The Morgan fingerprint density at radius 1 is 0.860 bits per heavy atom. The van der Waals surface area contributed by atoms with Crippen molar-refractivity contribution in [1.82, 2.24) is 4.31 Å². The second-order valence-corrected chi connectivity index (χ2v) is 12.0. The summed E-state index contributed by atoms with van der Waals surface area (Å²) >= 11 is 0. The molecule has 0 saturated carbocycles. The molecule has 0 heterocycles. The van der Waals surface area contributed by atoms with Gasteiger partial charge in [-0.3, -0.25) is 4.79 Å². The van der Waals surface area contributed by atoms with Crippen molar-refractivity contribution in [2.45, 2.75) is 44.3 Å². The minimum absolute atomic E-state index is 0.0116. The molecule has 226 valence electrons. The molecule has 0 aliphatic heterocycles. The molecule has 0 radical (unpaired) electrons. The molecular weight excluding hydrogens is 579 g/mol. The Morgan fingerprint density at radius 3 is 2.21 bits per heavy atom. The summed E-state index contributed by atoms with van der Waals surface area (Å²) in [7, 11) is -2.79. The van der Waals surface area contributed by atoms with E-state index in [1.165, 1.54) is 25.3 Å². The number of carbonyl (C=O) groups excluding carboxylic acids is 1. The molecule has 0 bridgehead atoms. The Labute approximate surface area is 249 Å². The molecule has 0 N–H and O–H groups in total. The van der Waals surface area contributed by atoms with Gasteiger partial charge in [-0.05, 0) is 72.5 Å². The smallest absolute Gasteiger partial charge is 0.416 e. The number of rotatable bonds is 11. The molecule has 43 heavy (non-hydrogen) atoms. The largest absolute Gasteiger partial charge is 0.469 e. The summed E-state index contributed by atoms with van der Waals surface area (Å²) < 4.78 is 79.9. The molecular formula is C33H32F3NO5S. The van der Waals surface area contributed by atoms with Crippen LogP contribution in [0.5, 0.6) is 11.5 Å². The normalized spacial score (nSPS) is 11.9.